The van der Waals surface area contributed by atoms with Crippen LogP contribution in [0.4, 0.5) is 10.1 Å². The molecule has 6 nitrogen and oxygen atoms in total. The second-order valence-electron chi connectivity index (χ2n) is 4.84. The smallest absolute Gasteiger partial charge is 0.175 e. The normalized spacial score (nSPS) is 19.0. The van der Waals surface area contributed by atoms with Gasteiger partial charge in [-0.25, -0.2) is 9.38 Å². The largest absolute Gasteiger partial charge is 0.424 e. The number of aliphatic imine (C=N–C) groups is 1. The van der Waals surface area contributed by atoms with Crippen molar-refractivity contribution in [1.29, 1.82) is 0 Å². The van der Waals surface area contributed by atoms with Gasteiger partial charge in [0.05, 0.1) is 6.04 Å². The highest BCUT2D eigenvalue weighted by molar-refractivity contribution is 7.72. The Morgan fingerprint density at radius 3 is 3.05 bits per heavy atom. The molecule has 1 heterocycles. The van der Waals surface area contributed by atoms with Crippen LogP contribution in [0.3, 0.4) is 0 Å². The summed E-state index contributed by atoms with van der Waals surface area (Å²) in [5.74, 6) is -0.289. The van der Waals surface area contributed by atoms with Crippen LogP contribution in [0.5, 0.6) is 0 Å². The molecule has 2 rings (SSSR count). The molecular formula is C13H19FN5OS-. The molecule has 0 bridgehead atoms. The number of nitrogens with zero attached hydrogens (tertiary/aromatic N) is 3. The maximum absolute atomic E-state index is 13.8. The molecule has 0 fully saturated rings. The molecule has 0 saturated carbocycles. The Balaban J connectivity index is 2.25. The first kappa shape index (κ1) is 15.6. The van der Waals surface area contributed by atoms with E-state index in [-0.39, 0.29) is 5.96 Å². The fraction of sp³-hybridized carbons (Fsp3) is 0.462. The van der Waals surface area contributed by atoms with Crippen LogP contribution in [-0.2, 0) is 15.0 Å². The number of hydrogen-bond donors (Lipinski definition) is 2. The van der Waals surface area contributed by atoms with E-state index in [0.717, 1.165) is 12.8 Å². The Morgan fingerprint density at radius 1 is 1.52 bits per heavy atom. The van der Waals surface area contributed by atoms with Gasteiger partial charge in [-0.15, -0.1) is 0 Å². The molecule has 0 unspecified atom stereocenters. The van der Waals surface area contributed by atoms with Gasteiger partial charge in [0.15, 0.2) is 5.96 Å². The number of rotatable bonds is 2. The maximum atomic E-state index is 13.8. The number of hydrogen-bond acceptors (Lipinski definition) is 5. The minimum atomic E-state index is -1.52. The molecule has 0 amide bonds. The summed E-state index contributed by atoms with van der Waals surface area (Å²) in [4.78, 5) is 4.24. The van der Waals surface area contributed by atoms with E-state index in [2.05, 4.69) is 9.36 Å². The Labute approximate surface area is 125 Å². The van der Waals surface area contributed by atoms with Crippen molar-refractivity contribution in [2.45, 2.75) is 25.8 Å². The predicted octanol–water partition coefficient (Wildman–Crippen LogP) is 1.94. The third-order valence-electron chi connectivity index (χ3n) is 3.21. The number of guanidine groups is 1. The summed E-state index contributed by atoms with van der Waals surface area (Å²) in [5.41, 5.74) is 12.4. The van der Waals surface area contributed by atoms with Gasteiger partial charge >= 0.3 is 0 Å². The molecule has 0 radical (unpaired) electrons. The summed E-state index contributed by atoms with van der Waals surface area (Å²) in [7, 11) is -1.52. The summed E-state index contributed by atoms with van der Waals surface area (Å²) in [6, 6.07) is 3.79. The van der Waals surface area contributed by atoms with Crippen LogP contribution in [0.15, 0.2) is 27.6 Å². The number of benzene rings is 1. The molecule has 1 aliphatic rings. The first-order valence-electron chi connectivity index (χ1n) is 6.74. The Hall–Kier alpha value is -1.83. The van der Waals surface area contributed by atoms with Crippen molar-refractivity contribution < 1.29 is 8.60 Å². The van der Waals surface area contributed by atoms with Crippen molar-refractivity contribution in [3.8, 4) is 0 Å². The Kier molecular flexibility index (Phi) is 5.00. The molecule has 0 aliphatic carbocycles. The average molecular weight is 312 g/mol. The van der Waals surface area contributed by atoms with Crippen molar-refractivity contribution >= 4 is 22.4 Å². The second kappa shape index (κ2) is 6.75. The summed E-state index contributed by atoms with van der Waals surface area (Å²) in [6.07, 6.45) is 1.71. The molecule has 1 aromatic rings. The molecule has 116 valence electrons. The van der Waals surface area contributed by atoms with Crippen LogP contribution in [-0.4, -0.2) is 23.4 Å². The van der Waals surface area contributed by atoms with Crippen LogP contribution >= 0.6 is 0 Å². The summed E-state index contributed by atoms with van der Waals surface area (Å²) >= 11 is 0. The van der Waals surface area contributed by atoms with E-state index in [1.165, 1.54) is 22.5 Å². The lowest BCUT2D eigenvalue weighted by molar-refractivity contribution is 0.543. The monoisotopic (exact) mass is 312 g/mol. The van der Waals surface area contributed by atoms with E-state index in [0.29, 0.717) is 24.3 Å². The lowest BCUT2D eigenvalue weighted by Crippen LogP contribution is -2.36. The summed E-state index contributed by atoms with van der Waals surface area (Å²) in [5, 5.41) is 0. The van der Waals surface area contributed by atoms with E-state index in [1.54, 1.807) is 6.92 Å². The van der Waals surface area contributed by atoms with Crippen molar-refractivity contribution in [2.24, 2.45) is 15.1 Å². The van der Waals surface area contributed by atoms with Gasteiger partial charge in [0.1, 0.15) is 5.82 Å². The van der Waals surface area contributed by atoms with Crippen molar-refractivity contribution in [3.63, 3.8) is 0 Å². The molecule has 1 aliphatic heterocycles. The topological polar surface area (TPSA) is 97.1 Å². The number of nitrogens with two attached hydrogens (primary N) is 2. The van der Waals surface area contributed by atoms with Crippen molar-refractivity contribution in [2.75, 3.05) is 18.8 Å². The van der Waals surface area contributed by atoms with Crippen molar-refractivity contribution in [3.05, 3.63) is 29.6 Å². The third-order valence-corrected chi connectivity index (χ3v) is 4.36. The maximum Gasteiger partial charge on any atom is 0.175 e. The van der Waals surface area contributed by atoms with Gasteiger partial charge in [-0.2, -0.15) is 0 Å². The second-order valence-corrected chi connectivity index (χ2v) is 6.00. The molecule has 0 aromatic heterocycles. The van der Waals surface area contributed by atoms with Crippen molar-refractivity contribution in [1.82, 2.24) is 4.31 Å². The predicted molar refractivity (Wildman–Crippen MR) is 82.1 cm³/mol. The van der Waals surface area contributed by atoms with Gasteiger partial charge in [-0.05, 0) is 38.0 Å². The lowest BCUT2D eigenvalue weighted by Gasteiger charge is -2.26. The summed E-state index contributed by atoms with van der Waals surface area (Å²) in [6.45, 7) is 2.79. The number of anilines is 1. The van der Waals surface area contributed by atoms with E-state index in [9.17, 15) is 8.60 Å². The first-order valence-corrected chi connectivity index (χ1v) is 7.80. The lowest BCUT2D eigenvalue weighted by atomic mass is 10.1. The van der Waals surface area contributed by atoms with Gasteiger partial charge in [-0.1, -0.05) is 10.8 Å². The van der Waals surface area contributed by atoms with Gasteiger partial charge < -0.3 is 24.3 Å². The number of nitrogen functional groups attached to an aromatic ring is 1. The fourth-order valence-corrected chi connectivity index (χ4v) is 2.98. The minimum absolute atomic E-state index is 0.105. The van der Waals surface area contributed by atoms with Crippen LogP contribution in [0, 0.1) is 5.82 Å². The molecule has 1 aromatic carbocycles. The van der Waals surface area contributed by atoms with Crippen LogP contribution in [0.2, 0.25) is 0 Å². The fourth-order valence-electron chi connectivity index (χ4n) is 2.07. The highest BCUT2D eigenvalue weighted by Gasteiger charge is 2.12. The van der Waals surface area contributed by atoms with Crippen LogP contribution < -0.4 is 11.5 Å². The first-order chi connectivity index (χ1) is 9.99. The minimum Gasteiger partial charge on any atom is -0.424 e. The quantitative estimate of drug-likeness (QED) is 0.378. The molecule has 4 N–H and O–H groups in total. The molecule has 0 saturated heterocycles. The molecule has 1 atom stereocenters. The van der Waals surface area contributed by atoms with E-state index in [1.807, 2.05) is 0 Å². The Morgan fingerprint density at radius 2 is 2.29 bits per heavy atom. The molecule has 21 heavy (non-hydrogen) atoms. The van der Waals surface area contributed by atoms with Gasteiger partial charge in [0.2, 0.25) is 0 Å². The Bertz CT molecular complexity index is 627. The number of halogens is 1. The van der Waals surface area contributed by atoms with E-state index in [4.69, 9.17) is 11.5 Å². The zero-order valence-electron chi connectivity index (χ0n) is 11.8. The summed E-state index contributed by atoms with van der Waals surface area (Å²) < 4.78 is 31.1. The van der Waals surface area contributed by atoms with E-state index < -0.39 is 22.6 Å². The van der Waals surface area contributed by atoms with E-state index >= 15 is 0 Å². The molecule has 0 spiro atoms. The van der Waals surface area contributed by atoms with Crippen LogP contribution in [0.1, 0.15) is 31.4 Å². The third kappa shape index (κ3) is 3.84. The van der Waals surface area contributed by atoms with Gasteiger partial charge in [0, 0.05) is 24.3 Å². The van der Waals surface area contributed by atoms with Gasteiger partial charge in [0.25, 0.3) is 0 Å². The van der Waals surface area contributed by atoms with Crippen LogP contribution in [0.25, 0.3) is 0 Å². The zero-order chi connectivity index (χ0) is 15.4. The highest BCUT2D eigenvalue weighted by Crippen LogP contribution is 2.23. The average Bonchev–Trinajstić information content (AvgIpc) is 2.66. The zero-order valence-corrected chi connectivity index (χ0v) is 12.6. The van der Waals surface area contributed by atoms with Gasteiger partial charge in [-0.3, -0.25) is 0 Å². The standard InChI is InChI=1S/C13H19FN5OS/c1-9(11-8-10(15)4-5-12(11)14)18-13(16)19-7-3-2-6-17-21(19)20/h4-5,8-9H,2-3,6-7,15H2,1H3,(H2,16,18)/q-1/t9-/m0/s1. The SMILES string of the molecule is C[C@H](N=C(N)N1CCCCN=[S-]1=O)c1cc(N)ccc1F. The molecular weight excluding hydrogens is 293 g/mol. The highest BCUT2D eigenvalue weighted by atomic mass is 32.2. The molecule has 8 heteroatoms.